The third kappa shape index (κ3) is 5.41. The Morgan fingerprint density at radius 3 is 2.32 bits per heavy atom. The molecule has 184 valence electrons. The van der Waals surface area contributed by atoms with E-state index in [2.05, 4.69) is 15.1 Å². The maximum atomic E-state index is 13.4. The van der Waals surface area contributed by atoms with E-state index >= 15 is 0 Å². The van der Waals surface area contributed by atoms with Gasteiger partial charge < -0.3 is 9.64 Å². The minimum Gasteiger partial charge on any atom is -0.466 e. The van der Waals surface area contributed by atoms with Gasteiger partial charge >= 0.3 is 5.97 Å². The van der Waals surface area contributed by atoms with Crippen molar-refractivity contribution < 1.29 is 17.9 Å². The van der Waals surface area contributed by atoms with E-state index < -0.39 is 10.0 Å². The molecule has 2 saturated heterocycles. The van der Waals surface area contributed by atoms with E-state index in [-0.39, 0.29) is 11.9 Å². The fraction of sp³-hybridized carbons (Fsp3) is 0.560. The molecule has 2 aromatic rings. The normalized spacial score (nSPS) is 18.5. The van der Waals surface area contributed by atoms with Crippen molar-refractivity contribution in [2.24, 2.45) is 5.92 Å². The summed E-state index contributed by atoms with van der Waals surface area (Å²) in [6.45, 7) is 6.67. The van der Waals surface area contributed by atoms with E-state index in [1.807, 2.05) is 38.1 Å². The number of hydrogen-bond donors (Lipinski definition) is 0. The topological polar surface area (TPSA) is 92.7 Å². The number of benzene rings is 1. The molecule has 34 heavy (non-hydrogen) atoms. The number of hydrogen-bond acceptors (Lipinski definition) is 7. The van der Waals surface area contributed by atoms with Gasteiger partial charge in [-0.25, -0.2) is 8.42 Å². The smallest absolute Gasteiger partial charge is 0.309 e. The number of piperidine rings is 1. The van der Waals surface area contributed by atoms with Gasteiger partial charge in [-0.2, -0.15) is 4.31 Å². The van der Waals surface area contributed by atoms with Crippen LogP contribution in [-0.2, 0) is 19.6 Å². The summed E-state index contributed by atoms with van der Waals surface area (Å²) in [5, 5.41) is 8.80. The Hall–Kier alpha value is -2.52. The van der Waals surface area contributed by atoms with Crippen LogP contribution < -0.4 is 4.90 Å². The number of nitrogens with zero attached hydrogens (tertiary/aromatic N) is 4. The number of carbonyl (C=O) groups is 1. The first kappa shape index (κ1) is 24.6. The Balaban J connectivity index is 1.49. The van der Waals surface area contributed by atoms with E-state index in [1.54, 1.807) is 10.4 Å². The highest BCUT2D eigenvalue weighted by Gasteiger charge is 2.28. The molecule has 2 fully saturated rings. The number of esters is 1. The molecule has 0 saturated carbocycles. The van der Waals surface area contributed by atoms with Crippen LogP contribution in [0.15, 0.2) is 35.2 Å². The minimum atomic E-state index is -3.55. The number of carbonyl (C=O) groups excluding carboxylic acids is 1. The van der Waals surface area contributed by atoms with Crippen molar-refractivity contribution in [1.29, 1.82) is 0 Å². The molecule has 0 unspecified atom stereocenters. The summed E-state index contributed by atoms with van der Waals surface area (Å²) in [4.78, 5) is 14.4. The maximum Gasteiger partial charge on any atom is 0.309 e. The summed E-state index contributed by atoms with van der Waals surface area (Å²) in [6, 6.07) is 9.26. The second-order valence-corrected chi connectivity index (χ2v) is 11.0. The van der Waals surface area contributed by atoms with Gasteiger partial charge in [0.1, 0.15) is 0 Å². The van der Waals surface area contributed by atoms with Crippen molar-refractivity contribution >= 4 is 21.8 Å². The summed E-state index contributed by atoms with van der Waals surface area (Å²) in [5.41, 5.74) is 2.11. The number of ether oxygens (including phenoxy) is 1. The zero-order valence-electron chi connectivity index (χ0n) is 20.1. The van der Waals surface area contributed by atoms with Crippen LogP contribution in [0.25, 0.3) is 11.3 Å². The third-order valence-corrected chi connectivity index (χ3v) is 8.80. The van der Waals surface area contributed by atoms with Crippen molar-refractivity contribution in [3.8, 4) is 11.3 Å². The maximum absolute atomic E-state index is 13.4. The van der Waals surface area contributed by atoms with Crippen molar-refractivity contribution in [1.82, 2.24) is 14.5 Å². The molecule has 4 rings (SSSR count). The van der Waals surface area contributed by atoms with Gasteiger partial charge in [-0.1, -0.05) is 25.0 Å². The number of rotatable bonds is 6. The van der Waals surface area contributed by atoms with Crippen LogP contribution in [0.3, 0.4) is 0 Å². The lowest BCUT2D eigenvalue weighted by molar-refractivity contribution is -0.148. The van der Waals surface area contributed by atoms with Crippen molar-refractivity contribution in [2.45, 2.75) is 57.3 Å². The Kier molecular flexibility index (Phi) is 7.83. The van der Waals surface area contributed by atoms with Gasteiger partial charge in [0.25, 0.3) is 0 Å². The van der Waals surface area contributed by atoms with Gasteiger partial charge in [-0.05, 0) is 63.3 Å². The molecular weight excluding hydrogens is 452 g/mol. The highest BCUT2D eigenvalue weighted by Crippen LogP contribution is 2.29. The lowest BCUT2D eigenvalue weighted by atomic mass is 9.97. The molecule has 0 spiro atoms. The van der Waals surface area contributed by atoms with Crippen LogP contribution in [0.4, 0.5) is 5.82 Å². The Bertz CT molecular complexity index is 1090. The molecule has 2 aliphatic heterocycles. The largest absolute Gasteiger partial charge is 0.466 e. The second-order valence-electron chi connectivity index (χ2n) is 9.09. The summed E-state index contributed by atoms with van der Waals surface area (Å²) in [6.07, 6.45) is 5.43. The highest BCUT2D eigenvalue weighted by atomic mass is 32.2. The van der Waals surface area contributed by atoms with E-state index in [1.165, 1.54) is 0 Å². The summed E-state index contributed by atoms with van der Waals surface area (Å²) >= 11 is 0. The van der Waals surface area contributed by atoms with Crippen molar-refractivity contribution in [3.05, 3.63) is 35.9 Å². The van der Waals surface area contributed by atoms with Crippen LogP contribution in [0, 0.1) is 12.8 Å². The molecule has 0 bridgehead atoms. The average Bonchev–Trinajstić information content (AvgIpc) is 3.15. The number of sulfonamides is 1. The molecule has 1 aromatic heterocycles. The average molecular weight is 487 g/mol. The number of aryl methyl sites for hydroxylation is 1. The Morgan fingerprint density at radius 1 is 1.00 bits per heavy atom. The fourth-order valence-electron chi connectivity index (χ4n) is 4.71. The first-order valence-corrected chi connectivity index (χ1v) is 13.7. The van der Waals surface area contributed by atoms with Crippen LogP contribution in [0.5, 0.6) is 0 Å². The molecule has 2 aliphatic rings. The molecule has 9 heteroatoms. The van der Waals surface area contributed by atoms with Gasteiger partial charge in [0.15, 0.2) is 5.82 Å². The van der Waals surface area contributed by atoms with Crippen LogP contribution in [-0.4, -0.2) is 61.7 Å². The molecule has 0 aliphatic carbocycles. The predicted molar refractivity (Wildman–Crippen MR) is 131 cm³/mol. The molecule has 3 heterocycles. The zero-order chi connectivity index (χ0) is 24.1. The van der Waals surface area contributed by atoms with Gasteiger partial charge in [-0.15, -0.1) is 10.2 Å². The number of anilines is 1. The second kappa shape index (κ2) is 10.8. The van der Waals surface area contributed by atoms with Gasteiger partial charge in [0.2, 0.25) is 10.0 Å². The minimum absolute atomic E-state index is 0.0550. The highest BCUT2D eigenvalue weighted by molar-refractivity contribution is 7.89. The molecule has 0 atom stereocenters. The third-order valence-electron chi connectivity index (χ3n) is 6.76. The van der Waals surface area contributed by atoms with Gasteiger partial charge in [0, 0.05) is 31.7 Å². The van der Waals surface area contributed by atoms with Crippen LogP contribution in [0.2, 0.25) is 0 Å². The predicted octanol–water partition coefficient (Wildman–Crippen LogP) is 3.80. The standard InChI is InChI=1S/C25H34N4O4S/c1-3-33-25(30)20-12-16-28(17-13-20)24-11-10-22(26-27-24)21-9-8-19(2)23(18-21)34(31,32)29-14-6-4-5-7-15-29/h8-11,18,20H,3-7,12-17H2,1-2H3. The Labute approximate surface area is 202 Å². The molecule has 0 N–H and O–H groups in total. The van der Waals surface area contributed by atoms with Gasteiger partial charge in [0.05, 0.1) is 23.1 Å². The fourth-order valence-corrected chi connectivity index (χ4v) is 6.48. The number of aromatic nitrogens is 2. The SMILES string of the molecule is CCOC(=O)C1CCN(c2ccc(-c3ccc(C)c(S(=O)(=O)N4CCCCCC4)c3)nn2)CC1. The summed E-state index contributed by atoms with van der Waals surface area (Å²) in [5.74, 6) is 0.588. The molecular formula is C25H34N4O4S. The molecule has 8 nitrogen and oxygen atoms in total. The summed E-state index contributed by atoms with van der Waals surface area (Å²) < 4.78 is 33.5. The lowest BCUT2D eigenvalue weighted by Gasteiger charge is -2.31. The van der Waals surface area contributed by atoms with E-state index in [0.29, 0.717) is 30.3 Å². The summed E-state index contributed by atoms with van der Waals surface area (Å²) in [7, 11) is -3.55. The first-order chi connectivity index (χ1) is 16.4. The van der Waals surface area contributed by atoms with Gasteiger partial charge in [-0.3, -0.25) is 4.79 Å². The van der Waals surface area contributed by atoms with Crippen molar-refractivity contribution in [2.75, 3.05) is 37.7 Å². The monoisotopic (exact) mass is 486 g/mol. The van der Waals surface area contributed by atoms with Crippen LogP contribution in [0.1, 0.15) is 51.0 Å². The van der Waals surface area contributed by atoms with E-state index in [0.717, 1.165) is 68.6 Å². The Morgan fingerprint density at radius 2 is 1.71 bits per heavy atom. The van der Waals surface area contributed by atoms with Crippen LogP contribution >= 0.6 is 0 Å². The first-order valence-electron chi connectivity index (χ1n) is 12.3. The quantitative estimate of drug-likeness (QED) is 0.574. The zero-order valence-corrected chi connectivity index (χ0v) is 20.9. The molecule has 1 aromatic carbocycles. The molecule has 0 amide bonds. The molecule has 0 radical (unpaired) electrons. The lowest BCUT2D eigenvalue weighted by Crippen LogP contribution is -2.37. The van der Waals surface area contributed by atoms with E-state index in [4.69, 9.17) is 4.74 Å². The van der Waals surface area contributed by atoms with Crippen molar-refractivity contribution in [3.63, 3.8) is 0 Å². The van der Waals surface area contributed by atoms with E-state index in [9.17, 15) is 13.2 Å².